The van der Waals surface area contributed by atoms with E-state index in [1.54, 1.807) is 0 Å². The molecule has 0 aromatic heterocycles. The van der Waals surface area contributed by atoms with Gasteiger partial charge < -0.3 is 4.90 Å². The van der Waals surface area contributed by atoms with Gasteiger partial charge in [0.05, 0.1) is 0 Å². The lowest BCUT2D eigenvalue weighted by Crippen LogP contribution is -2.39. The van der Waals surface area contributed by atoms with Crippen molar-refractivity contribution in [2.45, 2.75) is 30.8 Å². The largest absolute Gasteiger partial charge is 0.397 e. The van der Waals surface area contributed by atoms with Crippen LogP contribution in [-0.2, 0) is 4.79 Å². The number of halogens is 4. The highest BCUT2D eigenvalue weighted by molar-refractivity contribution is 6.21. The first-order valence-corrected chi connectivity index (χ1v) is 5.16. The molecule has 0 bridgehead atoms. The maximum Gasteiger partial charge on any atom is 0.397 e. The summed E-state index contributed by atoms with van der Waals surface area (Å²) in [5.41, 5.74) is 0. The highest BCUT2D eigenvalue weighted by atomic mass is 35.5. The number of hydrogen-bond acceptors (Lipinski definition) is 1. The van der Waals surface area contributed by atoms with Crippen LogP contribution in [0.3, 0.4) is 0 Å². The van der Waals surface area contributed by atoms with Gasteiger partial charge in [-0.2, -0.15) is 13.2 Å². The third kappa shape index (κ3) is 4.28. The van der Waals surface area contributed by atoms with Gasteiger partial charge in [-0.1, -0.05) is 0 Å². The van der Waals surface area contributed by atoms with E-state index in [1.807, 2.05) is 0 Å². The fourth-order valence-electron chi connectivity index (χ4n) is 1.60. The van der Waals surface area contributed by atoms with Gasteiger partial charge in [-0.3, -0.25) is 4.79 Å². The first kappa shape index (κ1) is 12.6. The molecule has 1 amide bonds. The van der Waals surface area contributed by atoms with Gasteiger partial charge in [0.25, 0.3) is 0 Å². The van der Waals surface area contributed by atoms with Crippen molar-refractivity contribution in [1.82, 2.24) is 4.90 Å². The molecule has 1 rings (SSSR count). The quantitative estimate of drug-likeness (QED) is 0.697. The Morgan fingerprint density at radius 1 is 1.47 bits per heavy atom. The minimum atomic E-state index is -4.42. The van der Waals surface area contributed by atoms with Gasteiger partial charge in [-0.15, -0.1) is 11.6 Å². The fourth-order valence-corrected chi connectivity index (χ4v) is 2.10. The number of rotatable bonds is 3. The number of carbonyl (C=O) groups is 1. The lowest BCUT2D eigenvalue weighted by molar-refractivity contribution is -0.161. The first-order valence-electron chi connectivity index (χ1n) is 4.72. The van der Waals surface area contributed by atoms with Crippen molar-refractivity contribution in [2.75, 3.05) is 13.6 Å². The molecule has 1 aliphatic rings. The van der Waals surface area contributed by atoms with E-state index < -0.39 is 18.5 Å². The highest BCUT2D eigenvalue weighted by Gasteiger charge is 2.34. The molecule has 0 saturated heterocycles. The summed E-state index contributed by atoms with van der Waals surface area (Å²) in [6.45, 7) is 0.373. The van der Waals surface area contributed by atoms with Gasteiger partial charge >= 0.3 is 6.18 Å². The molecule has 0 N–H and O–H groups in total. The Morgan fingerprint density at radius 2 is 2.00 bits per heavy atom. The van der Waals surface area contributed by atoms with Gasteiger partial charge in [-0.25, -0.2) is 0 Å². The molecule has 0 aromatic rings. The Balaban J connectivity index is 2.27. The summed E-state index contributed by atoms with van der Waals surface area (Å²) in [7, 11) is 1.40. The molecular weight excluding hydrogens is 231 g/mol. The van der Waals surface area contributed by atoms with Crippen molar-refractivity contribution in [3.8, 4) is 0 Å². The van der Waals surface area contributed by atoms with Crippen molar-refractivity contribution in [3.05, 3.63) is 0 Å². The Labute approximate surface area is 91.4 Å². The molecule has 0 spiro atoms. The summed E-state index contributed by atoms with van der Waals surface area (Å²) in [5, 5.41) is 0.126. The minimum Gasteiger partial charge on any atom is -0.345 e. The molecule has 1 saturated carbocycles. The molecule has 0 aromatic carbocycles. The van der Waals surface area contributed by atoms with Crippen LogP contribution in [0.2, 0.25) is 0 Å². The normalized spacial score (nSPS) is 25.9. The van der Waals surface area contributed by atoms with Gasteiger partial charge in [0.1, 0.15) is 6.42 Å². The maximum absolute atomic E-state index is 11.9. The van der Waals surface area contributed by atoms with Gasteiger partial charge in [0, 0.05) is 19.0 Å². The van der Waals surface area contributed by atoms with Crippen LogP contribution in [0.25, 0.3) is 0 Å². The predicted octanol–water partition coefficient (Wildman–Crippen LogP) is 2.41. The highest BCUT2D eigenvalue weighted by Crippen LogP contribution is 2.32. The molecule has 0 aliphatic heterocycles. The zero-order chi connectivity index (χ0) is 11.6. The fraction of sp³-hybridized carbons (Fsp3) is 0.889. The second-order valence-corrected chi connectivity index (χ2v) is 4.62. The van der Waals surface area contributed by atoms with Crippen LogP contribution in [0, 0.1) is 5.92 Å². The Kier molecular flexibility index (Phi) is 3.87. The van der Waals surface area contributed by atoms with Crippen LogP contribution in [0.15, 0.2) is 0 Å². The molecule has 0 atom stereocenters. The van der Waals surface area contributed by atoms with E-state index in [-0.39, 0.29) is 11.3 Å². The van der Waals surface area contributed by atoms with Crippen LogP contribution < -0.4 is 0 Å². The monoisotopic (exact) mass is 243 g/mol. The minimum absolute atomic E-state index is 0.126. The Bertz CT molecular complexity index is 238. The van der Waals surface area contributed by atoms with Crippen LogP contribution in [-0.4, -0.2) is 36.0 Å². The molecule has 6 heteroatoms. The molecule has 0 radical (unpaired) electrons. The van der Waals surface area contributed by atoms with Gasteiger partial charge in [0.2, 0.25) is 5.91 Å². The first-order chi connectivity index (χ1) is 6.78. The van der Waals surface area contributed by atoms with E-state index >= 15 is 0 Å². The van der Waals surface area contributed by atoms with Crippen molar-refractivity contribution in [1.29, 1.82) is 0 Å². The topological polar surface area (TPSA) is 20.3 Å². The number of amides is 1. The number of nitrogens with zero attached hydrogens (tertiary/aromatic N) is 1. The third-order valence-electron chi connectivity index (χ3n) is 2.49. The summed E-state index contributed by atoms with van der Waals surface area (Å²) in [6.07, 6.45) is -4.23. The van der Waals surface area contributed by atoms with Crippen LogP contribution in [0.4, 0.5) is 13.2 Å². The molecule has 88 valence electrons. The maximum atomic E-state index is 11.9. The number of hydrogen-bond donors (Lipinski definition) is 0. The molecular formula is C9H13ClF3NO. The standard InChI is InChI=1S/C9H13ClF3NO/c1-14(5-6-2-7(10)3-6)8(15)4-9(11,12)13/h6-7H,2-5H2,1H3. The van der Waals surface area contributed by atoms with Crippen molar-refractivity contribution in [2.24, 2.45) is 5.92 Å². The summed E-state index contributed by atoms with van der Waals surface area (Å²) in [6, 6.07) is 0. The van der Waals surface area contributed by atoms with E-state index in [1.165, 1.54) is 7.05 Å². The van der Waals surface area contributed by atoms with Gasteiger partial charge in [-0.05, 0) is 18.8 Å². The van der Waals surface area contributed by atoms with E-state index in [2.05, 4.69) is 0 Å². The zero-order valence-corrected chi connectivity index (χ0v) is 9.11. The average Bonchev–Trinajstić information content (AvgIpc) is 1.98. The average molecular weight is 244 g/mol. The molecule has 1 aliphatic carbocycles. The smallest absolute Gasteiger partial charge is 0.345 e. The number of alkyl halides is 4. The SMILES string of the molecule is CN(CC1CC(Cl)C1)C(=O)CC(F)(F)F. The lowest BCUT2D eigenvalue weighted by Gasteiger charge is -2.34. The predicted molar refractivity (Wildman–Crippen MR) is 50.7 cm³/mol. The van der Waals surface area contributed by atoms with Crippen LogP contribution >= 0.6 is 11.6 Å². The molecule has 0 unspecified atom stereocenters. The van der Waals surface area contributed by atoms with Crippen LogP contribution in [0.1, 0.15) is 19.3 Å². The second kappa shape index (κ2) is 4.60. The molecule has 0 heterocycles. The Morgan fingerprint density at radius 3 is 2.40 bits per heavy atom. The molecule has 1 fully saturated rings. The van der Waals surface area contributed by atoms with E-state index in [4.69, 9.17) is 11.6 Å². The third-order valence-corrected chi connectivity index (χ3v) is 2.84. The second-order valence-electron chi connectivity index (χ2n) is 4.00. The number of carbonyl (C=O) groups excluding carboxylic acids is 1. The molecule has 2 nitrogen and oxygen atoms in total. The Hall–Kier alpha value is -0.450. The van der Waals surface area contributed by atoms with E-state index in [0.29, 0.717) is 6.54 Å². The van der Waals surface area contributed by atoms with Crippen molar-refractivity contribution in [3.63, 3.8) is 0 Å². The van der Waals surface area contributed by atoms with E-state index in [0.717, 1.165) is 17.7 Å². The summed E-state index contributed by atoms with van der Waals surface area (Å²) >= 11 is 5.73. The lowest BCUT2D eigenvalue weighted by atomic mass is 9.84. The van der Waals surface area contributed by atoms with Crippen molar-refractivity contribution < 1.29 is 18.0 Å². The van der Waals surface area contributed by atoms with E-state index in [9.17, 15) is 18.0 Å². The summed E-state index contributed by atoms with van der Waals surface area (Å²) < 4.78 is 35.7. The van der Waals surface area contributed by atoms with Gasteiger partial charge in [0.15, 0.2) is 0 Å². The van der Waals surface area contributed by atoms with Crippen LogP contribution in [0.5, 0.6) is 0 Å². The summed E-state index contributed by atoms with van der Waals surface area (Å²) in [4.78, 5) is 12.2. The zero-order valence-electron chi connectivity index (χ0n) is 8.35. The van der Waals surface area contributed by atoms with Crippen molar-refractivity contribution >= 4 is 17.5 Å². The summed E-state index contributed by atoms with van der Waals surface area (Å²) in [5.74, 6) is -0.616. The molecule has 15 heavy (non-hydrogen) atoms.